The van der Waals surface area contributed by atoms with Crippen molar-refractivity contribution in [3.63, 3.8) is 0 Å². The fourth-order valence-electron chi connectivity index (χ4n) is 2.22. The zero-order valence-corrected chi connectivity index (χ0v) is 25.8. The van der Waals surface area contributed by atoms with Gasteiger partial charge in [0.1, 0.15) is 18.3 Å². The molecule has 0 aromatic carbocycles. The zero-order chi connectivity index (χ0) is 23.1. The molecule has 175 valence electrons. The van der Waals surface area contributed by atoms with Crippen LogP contribution in [0.5, 0.6) is 0 Å². The molecule has 1 aliphatic heterocycles. The Morgan fingerprint density at radius 3 is 2.06 bits per heavy atom. The van der Waals surface area contributed by atoms with Crippen LogP contribution in [0.25, 0.3) is 0 Å². The summed E-state index contributed by atoms with van der Waals surface area (Å²) in [5.74, 6) is -1.43. The van der Waals surface area contributed by atoms with Gasteiger partial charge >= 0.3 is 29.2 Å². The molecule has 1 aromatic heterocycles. The molecular weight excluding hydrogens is 557 g/mol. The first kappa shape index (κ1) is 37.1. The molecule has 2 unspecified atom stereocenters. The van der Waals surface area contributed by atoms with Crippen LogP contribution < -0.4 is 11.2 Å². The van der Waals surface area contributed by atoms with Crippen LogP contribution in [0, 0.1) is 5.82 Å². The number of rotatable bonds is 8. The quantitative estimate of drug-likeness (QED) is 0.118. The van der Waals surface area contributed by atoms with E-state index in [0.29, 0.717) is 10.8 Å². The van der Waals surface area contributed by atoms with Crippen LogP contribution in [0.2, 0.25) is 0 Å². The number of aromatic nitrogens is 2. The summed E-state index contributed by atoms with van der Waals surface area (Å²) in [7, 11) is -16.9. The predicted octanol–water partition coefficient (Wildman–Crippen LogP) is -3.50. The van der Waals surface area contributed by atoms with Gasteiger partial charge in [0, 0.05) is 88.7 Å². The molecule has 7 N–H and O–H groups in total. The first-order chi connectivity index (χ1) is 13.5. The monoisotopic (exact) mass is 571 g/mol. The largest absolute Gasteiger partial charge is 0.490 e. The van der Waals surface area contributed by atoms with Crippen molar-refractivity contribution in [2.75, 3.05) is 6.61 Å². The average molecular weight is 571 g/mol. The maximum absolute atomic E-state index is 13.4. The second-order valence-electron chi connectivity index (χ2n) is 5.58. The summed E-state index contributed by atoms with van der Waals surface area (Å²) in [4.78, 5) is 59.5. The summed E-state index contributed by atoms with van der Waals surface area (Å²) >= 11 is 0. The summed E-state index contributed by atoms with van der Waals surface area (Å²) in [6.07, 6.45) is -6.95. The number of aliphatic hydroxyl groups excluding tert-OH is 2. The number of ether oxygens (including phenoxy) is 1. The molecule has 17 nitrogen and oxygen atoms in total. The Hall–Kier alpha value is 1.90. The van der Waals surface area contributed by atoms with E-state index in [1.165, 1.54) is 0 Å². The predicted molar refractivity (Wildman–Crippen MR) is 104 cm³/mol. The van der Waals surface area contributed by atoms with E-state index < -0.39 is 71.7 Å². The maximum Gasteiger partial charge on any atom is 0.490 e. The average Bonchev–Trinajstić information content (AvgIpc) is 2.81. The van der Waals surface area contributed by atoms with Crippen molar-refractivity contribution >= 4 is 112 Å². The minimum Gasteiger partial charge on any atom is -0.387 e. The number of halogens is 1. The summed E-state index contributed by atoms with van der Waals surface area (Å²) < 4.78 is 63.4. The third kappa shape index (κ3) is 11.0. The molecule has 0 bridgehead atoms. The summed E-state index contributed by atoms with van der Waals surface area (Å²) in [6, 6.07) is 0. The van der Waals surface area contributed by atoms with Crippen LogP contribution in [-0.2, 0) is 31.6 Å². The molecule has 2 heterocycles. The van der Waals surface area contributed by atoms with E-state index in [-0.39, 0.29) is 88.7 Å². The van der Waals surface area contributed by atoms with Gasteiger partial charge in [-0.2, -0.15) is 13.0 Å². The van der Waals surface area contributed by atoms with Crippen molar-refractivity contribution in [2.24, 2.45) is 0 Å². The van der Waals surface area contributed by atoms with Gasteiger partial charge in [-0.15, -0.1) is 0 Å². The van der Waals surface area contributed by atoms with Crippen molar-refractivity contribution < 1.29 is 65.8 Å². The fraction of sp³-hybridized carbons (Fsp3) is 0.556. The van der Waals surface area contributed by atoms with Crippen LogP contribution in [0.3, 0.4) is 0 Å². The van der Waals surface area contributed by atoms with E-state index in [4.69, 9.17) is 19.4 Å². The van der Waals surface area contributed by atoms with Gasteiger partial charge < -0.3 is 34.5 Å². The van der Waals surface area contributed by atoms with Crippen LogP contribution in [0.4, 0.5) is 4.39 Å². The van der Waals surface area contributed by atoms with Gasteiger partial charge in [0.2, 0.25) is 5.82 Å². The van der Waals surface area contributed by atoms with Crippen molar-refractivity contribution in [3.8, 4) is 0 Å². The summed E-state index contributed by atoms with van der Waals surface area (Å²) in [5.41, 5.74) is -2.60. The Bertz CT molecular complexity index is 1060. The van der Waals surface area contributed by atoms with E-state index in [9.17, 15) is 42.8 Å². The van der Waals surface area contributed by atoms with E-state index >= 15 is 0 Å². The Labute approximate surface area is 248 Å². The zero-order valence-electron chi connectivity index (χ0n) is 17.1. The van der Waals surface area contributed by atoms with E-state index in [0.717, 1.165) is 0 Å². The molecule has 0 spiro atoms. The van der Waals surface area contributed by atoms with E-state index in [2.05, 4.69) is 13.1 Å². The topological polar surface area (TPSA) is 264 Å². The molecule has 0 aliphatic carbocycles. The molecule has 1 aliphatic rings. The Morgan fingerprint density at radius 1 is 1.00 bits per heavy atom. The van der Waals surface area contributed by atoms with Crippen molar-refractivity contribution in [3.05, 3.63) is 32.9 Å². The number of aliphatic hydroxyl groups is 2. The molecular formula is C9H14FN2Na3O15P3. The third-order valence-electron chi connectivity index (χ3n) is 3.35. The Morgan fingerprint density at radius 2 is 1.55 bits per heavy atom. The molecule has 24 heteroatoms. The Kier molecular flexibility index (Phi) is 15.9. The minimum absolute atomic E-state index is 0. The van der Waals surface area contributed by atoms with E-state index in [1.807, 2.05) is 0 Å². The minimum atomic E-state index is -5.78. The molecule has 3 radical (unpaired) electrons. The summed E-state index contributed by atoms with van der Waals surface area (Å²) in [6.45, 7) is -1.14. The smallest absolute Gasteiger partial charge is 0.387 e. The second kappa shape index (κ2) is 14.2. The van der Waals surface area contributed by atoms with Crippen LogP contribution in [-0.4, -0.2) is 153 Å². The number of aromatic amines is 1. The maximum atomic E-state index is 13.4. The number of nitrogens with one attached hydrogen (secondary N) is 1. The van der Waals surface area contributed by atoms with Gasteiger partial charge in [0.05, 0.1) is 12.8 Å². The van der Waals surface area contributed by atoms with Gasteiger partial charge in [-0.3, -0.25) is 18.9 Å². The first-order valence-corrected chi connectivity index (χ1v) is 11.8. The van der Waals surface area contributed by atoms with Gasteiger partial charge in [-0.05, 0) is 0 Å². The number of H-pyrrole nitrogens is 1. The van der Waals surface area contributed by atoms with Crippen molar-refractivity contribution in [1.82, 2.24) is 9.55 Å². The number of phosphoric ester groups is 1. The van der Waals surface area contributed by atoms with Gasteiger partial charge in [0.25, 0.3) is 5.56 Å². The van der Waals surface area contributed by atoms with Gasteiger partial charge in [-0.25, -0.2) is 18.5 Å². The van der Waals surface area contributed by atoms with Crippen LogP contribution in [0.15, 0.2) is 15.8 Å². The number of nitrogens with zero attached hydrogens (tertiary/aromatic N) is 1. The number of hydrogen-bond donors (Lipinski definition) is 7. The molecule has 1 saturated heterocycles. The molecule has 6 atom stereocenters. The molecule has 2 rings (SSSR count). The second-order valence-corrected chi connectivity index (χ2v) is 10.00. The molecule has 33 heavy (non-hydrogen) atoms. The standard InChI is InChI=1S/C9H14FN2O15P3.3Na/c10-3-1-12(9(16)11-7(3)15)8-6(14)5(13)4(25-8)2-24-29(20,21)27-30(22,23)26-28(17,18)19;;;/h1,4-6,8,13-14H,2H2,(H,20,21)(H,22,23)(H,11,15,16)(H2,17,18,19);;;/t4-,5-,6-,8-;;;/m1.../s1. The van der Waals surface area contributed by atoms with Gasteiger partial charge in [-0.1, -0.05) is 0 Å². The normalized spacial score (nSPS) is 26.2. The SMILES string of the molecule is O=c1[nH]c(=O)n([C@@H]2O[C@H](COP(=O)(O)OP(=O)(O)OP(=O)(O)O)[C@@H](O)[C@H]2O)cc1F.[Na].[Na].[Na]. The van der Waals surface area contributed by atoms with Crippen LogP contribution >= 0.6 is 23.5 Å². The molecule has 0 amide bonds. The van der Waals surface area contributed by atoms with Crippen LogP contribution in [0.1, 0.15) is 6.23 Å². The van der Waals surface area contributed by atoms with Crippen molar-refractivity contribution in [2.45, 2.75) is 24.5 Å². The molecule has 1 fully saturated rings. The van der Waals surface area contributed by atoms with Crippen molar-refractivity contribution in [1.29, 1.82) is 0 Å². The molecule has 0 saturated carbocycles. The van der Waals surface area contributed by atoms with Gasteiger partial charge in [0.15, 0.2) is 6.23 Å². The molecule has 1 aromatic rings. The number of hydrogen-bond acceptors (Lipinski definition) is 11. The fourth-order valence-corrected chi connectivity index (χ4v) is 5.25. The first-order valence-electron chi connectivity index (χ1n) is 7.32. The number of phosphoric acid groups is 3. The summed E-state index contributed by atoms with van der Waals surface area (Å²) in [5, 5.41) is 19.9. The van der Waals surface area contributed by atoms with E-state index in [1.54, 1.807) is 4.98 Å². The Balaban J connectivity index is 0. The third-order valence-corrected chi connectivity index (χ3v) is 7.16.